The molecule has 1 aromatic rings. The number of furan rings is 1. The number of rotatable bonds is 1. The second kappa shape index (κ2) is 3.11. The molecule has 1 spiro atoms. The van der Waals surface area contributed by atoms with Gasteiger partial charge in [-0.15, -0.1) is 0 Å². The Hall–Kier alpha value is -0.760. The van der Waals surface area contributed by atoms with Crippen molar-refractivity contribution in [3.8, 4) is 0 Å². The molecule has 0 atom stereocenters. The summed E-state index contributed by atoms with van der Waals surface area (Å²) in [7, 11) is 0. The number of fused-ring (bicyclic) bond motifs is 2. The van der Waals surface area contributed by atoms with E-state index in [4.69, 9.17) is 4.42 Å². The van der Waals surface area contributed by atoms with Crippen molar-refractivity contribution in [2.24, 2.45) is 11.8 Å². The average molecular weight is 205 g/mol. The van der Waals surface area contributed by atoms with Crippen LogP contribution in [-0.4, -0.2) is 6.54 Å². The van der Waals surface area contributed by atoms with Gasteiger partial charge in [-0.1, -0.05) is 13.8 Å². The normalized spacial score (nSPS) is 34.2. The third-order valence-electron chi connectivity index (χ3n) is 4.20. The Bertz CT molecular complexity index is 360. The van der Waals surface area contributed by atoms with Gasteiger partial charge in [0.05, 0.1) is 11.8 Å². The van der Waals surface area contributed by atoms with Crippen LogP contribution in [0.15, 0.2) is 16.7 Å². The van der Waals surface area contributed by atoms with Gasteiger partial charge >= 0.3 is 0 Å². The van der Waals surface area contributed by atoms with E-state index in [1.165, 1.54) is 24.2 Å². The SMILES string of the molecule is CC(C)C1CC2(C1)NCCc1ccoc12. The van der Waals surface area contributed by atoms with Gasteiger partial charge in [0, 0.05) is 6.54 Å². The molecule has 0 unspecified atom stereocenters. The van der Waals surface area contributed by atoms with E-state index in [0.29, 0.717) is 0 Å². The summed E-state index contributed by atoms with van der Waals surface area (Å²) in [5.74, 6) is 2.90. The summed E-state index contributed by atoms with van der Waals surface area (Å²) >= 11 is 0. The minimum Gasteiger partial charge on any atom is -0.467 e. The molecular formula is C13H19NO. The predicted octanol–water partition coefficient (Wildman–Crippen LogP) is 2.69. The van der Waals surface area contributed by atoms with Gasteiger partial charge in [-0.05, 0) is 42.7 Å². The Morgan fingerprint density at radius 3 is 3.00 bits per heavy atom. The molecule has 0 saturated heterocycles. The van der Waals surface area contributed by atoms with Crippen molar-refractivity contribution in [3.05, 3.63) is 23.7 Å². The number of hydrogen-bond donors (Lipinski definition) is 1. The van der Waals surface area contributed by atoms with Crippen molar-refractivity contribution >= 4 is 0 Å². The standard InChI is InChI=1S/C13H19NO/c1-9(2)11-7-13(8-11)12-10(3-5-14-13)4-6-15-12/h4,6,9,11,14H,3,5,7-8H2,1-2H3. The predicted molar refractivity (Wildman–Crippen MR) is 59.7 cm³/mol. The van der Waals surface area contributed by atoms with Crippen molar-refractivity contribution in [1.82, 2.24) is 5.32 Å². The van der Waals surface area contributed by atoms with Crippen LogP contribution < -0.4 is 5.32 Å². The lowest BCUT2D eigenvalue weighted by atomic mass is 9.61. The minimum absolute atomic E-state index is 0.200. The third-order valence-corrected chi connectivity index (χ3v) is 4.20. The van der Waals surface area contributed by atoms with Crippen LogP contribution in [0.25, 0.3) is 0 Å². The molecule has 1 saturated carbocycles. The molecule has 2 aliphatic rings. The average Bonchev–Trinajstić information content (AvgIpc) is 2.60. The molecule has 1 aliphatic carbocycles. The minimum atomic E-state index is 0.200. The lowest BCUT2D eigenvalue weighted by Gasteiger charge is -2.51. The van der Waals surface area contributed by atoms with E-state index in [2.05, 4.69) is 25.2 Å². The van der Waals surface area contributed by atoms with E-state index in [9.17, 15) is 0 Å². The fraction of sp³-hybridized carbons (Fsp3) is 0.692. The van der Waals surface area contributed by atoms with Gasteiger partial charge in [0.2, 0.25) is 0 Å². The van der Waals surface area contributed by atoms with Gasteiger partial charge in [-0.2, -0.15) is 0 Å². The molecule has 2 nitrogen and oxygen atoms in total. The van der Waals surface area contributed by atoms with Crippen LogP contribution in [0.2, 0.25) is 0 Å². The first-order chi connectivity index (χ1) is 7.21. The van der Waals surface area contributed by atoms with Crippen LogP contribution >= 0.6 is 0 Å². The smallest absolute Gasteiger partial charge is 0.127 e. The van der Waals surface area contributed by atoms with E-state index in [1.807, 2.05) is 6.26 Å². The Balaban J connectivity index is 1.86. The first-order valence-electron chi connectivity index (χ1n) is 6.03. The molecular weight excluding hydrogens is 186 g/mol. The van der Waals surface area contributed by atoms with E-state index in [0.717, 1.165) is 24.8 Å². The largest absolute Gasteiger partial charge is 0.467 e. The summed E-state index contributed by atoms with van der Waals surface area (Å²) in [4.78, 5) is 0. The number of hydrogen-bond acceptors (Lipinski definition) is 2. The lowest BCUT2D eigenvalue weighted by Crippen LogP contribution is -2.56. The Kier molecular flexibility index (Phi) is 1.96. The van der Waals surface area contributed by atoms with Gasteiger partial charge in [0.25, 0.3) is 0 Å². The molecule has 0 aromatic carbocycles. The van der Waals surface area contributed by atoms with Crippen LogP contribution in [0, 0.1) is 11.8 Å². The van der Waals surface area contributed by atoms with E-state index in [-0.39, 0.29) is 5.54 Å². The molecule has 15 heavy (non-hydrogen) atoms. The van der Waals surface area contributed by atoms with Crippen LogP contribution in [0.5, 0.6) is 0 Å². The maximum atomic E-state index is 5.68. The molecule has 1 fully saturated rings. The summed E-state index contributed by atoms with van der Waals surface area (Å²) in [6.45, 7) is 5.75. The van der Waals surface area contributed by atoms with E-state index in [1.54, 1.807) is 0 Å². The summed E-state index contributed by atoms with van der Waals surface area (Å²) in [5.41, 5.74) is 1.63. The Morgan fingerprint density at radius 1 is 1.47 bits per heavy atom. The molecule has 1 aromatic heterocycles. The summed E-state index contributed by atoms with van der Waals surface area (Å²) in [5, 5.41) is 3.67. The summed E-state index contributed by atoms with van der Waals surface area (Å²) in [6.07, 6.45) is 5.48. The van der Waals surface area contributed by atoms with Gasteiger partial charge in [0.1, 0.15) is 5.76 Å². The summed E-state index contributed by atoms with van der Waals surface area (Å²) in [6, 6.07) is 2.14. The second-order valence-corrected chi connectivity index (χ2v) is 5.45. The fourth-order valence-corrected chi connectivity index (χ4v) is 3.11. The Morgan fingerprint density at radius 2 is 2.27 bits per heavy atom. The van der Waals surface area contributed by atoms with Crippen molar-refractivity contribution in [1.29, 1.82) is 0 Å². The van der Waals surface area contributed by atoms with Gasteiger partial charge in [-0.25, -0.2) is 0 Å². The van der Waals surface area contributed by atoms with E-state index >= 15 is 0 Å². The van der Waals surface area contributed by atoms with Crippen LogP contribution in [-0.2, 0) is 12.0 Å². The molecule has 2 heterocycles. The molecule has 3 rings (SSSR count). The topological polar surface area (TPSA) is 25.2 Å². The molecule has 1 aliphatic heterocycles. The maximum Gasteiger partial charge on any atom is 0.127 e. The maximum absolute atomic E-state index is 5.68. The first kappa shape index (κ1) is 9.46. The zero-order chi connectivity index (χ0) is 10.5. The molecule has 2 heteroatoms. The molecule has 0 bridgehead atoms. The highest BCUT2D eigenvalue weighted by atomic mass is 16.3. The quantitative estimate of drug-likeness (QED) is 0.762. The highest BCUT2D eigenvalue weighted by molar-refractivity contribution is 5.31. The molecule has 82 valence electrons. The van der Waals surface area contributed by atoms with Crippen LogP contribution in [0.1, 0.15) is 38.0 Å². The van der Waals surface area contributed by atoms with Gasteiger partial charge in [0.15, 0.2) is 0 Å². The fourth-order valence-electron chi connectivity index (χ4n) is 3.11. The summed E-state index contributed by atoms with van der Waals surface area (Å²) < 4.78 is 5.68. The van der Waals surface area contributed by atoms with Crippen molar-refractivity contribution in [2.45, 2.75) is 38.6 Å². The third kappa shape index (κ3) is 1.27. The molecule has 0 amide bonds. The van der Waals surface area contributed by atoms with Crippen LogP contribution in [0.3, 0.4) is 0 Å². The highest BCUT2D eigenvalue weighted by Crippen LogP contribution is 2.51. The second-order valence-electron chi connectivity index (χ2n) is 5.45. The first-order valence-corrected chi connectivity index (χ1v) is 6.03. The molecule has 0 radical (unpaired) electrons. The van der Waals surface area contributed by atoms with E-state index < -0.39 is 0 Å². The monoisotopic (exact) mass is 205 g/mol. The van der Waals surface area contributed by atoms with Gasteiger partial charge in [-0.3, -0.25) is 0 Å². The highest BCUT2D eigenvalue weighted by Gasteiger charge is 2.50. The van der Waals surface area contributed by atoms with Crippen molar-refractivity contribution in [3.63, 3.8) is 0 Å². The molecule has 1 N–H and O–H groups in total. The zero-order valence-corrected chi connectivity index (χ0v) is 9.55. The Labute approximate surface area is 91.0 Å². The number of nitrogens with one attached hydrogen (secondary N) is 1. The van der Waals surface area contributed by atoms with Gasteiger partial charge < -0.3 is 9.73 Å². The van der Waals surface area contributed by atoms with Crippen molar-refractivity contribution < 1.29 is 4.42 Å². The van der Waals surface area contributed by atoms with Crippen LogP contribution in [0.4, 0.5) is 0 Å². The lowest BCUT2D eigenvalue weighted by molar-refractivity contribution is 0.0424. The zero-order valence-electron chi connectivity index (χ0n) is 9.55. The van der Waals surface area contributed by atoms with Crippen molar-refractivity contribution in [2.75, 3.05) is 6.54 Å².